The number of para-hydroxylation sites is 4. The largest absolute Gasteiger partial charge is 0.509 e. The molecule has 6 nitrogen and oxygen atoms in total. The molecule has 9 aromatic rings. The van der Waals surface area contributed by atoms with Gasteiger partial charge in [0.2, 0.25) is 0 Å². The molecule has 10 rings (SSSR count). The van der Waals surface area contributed by atoms with Crippen molar-refractivity contribution in [1.29, 1.82) is 0 Å². The Morgan fingerprint density at radius 2 is 1.30 bits per heavy atom. The van der Waals surface area contributed by atoms with Gasteiger partial charge in [-0.25, -0.2) is 13.8 Å². The first-order chi connectivity index (χ1) is 29.2. The van der Waals surface area contributed by atoms with E-state index in [0.717, 1.165) is 55.9 Å². The first kappa shape index (κ1) is 39.7. The number of benzene rings is 7. The van der Waals surface area contributed by atoms with E-state index in [9.17, 15) is 0 Å². The average molecular weight is 982 g/mol. The summed E-state index contributed by atoms with van der Waals surface area (Å²) in [4.78, 5) is 10.3. The number of nitrogens with zero attached hydrogens (tertiary/aromatic N) is 5. The smallest absolute Gasteiger partial charge is 0.147 e. The van der Waals surface area contributed by atoms with Gasteiger partial charge in [0.15, 0.2) is 0 Å². The van der Waals surface area contributed by atoms with Crippen molar-refractivity contribution in [1.82, 2.24) is 9.55 Å². The minimum atomic E-state index is -0.671. The average Bonchev–Trinajstić information content (AvgIpc) is 3.80. The van der Waals surface area contributed by atoms with Crippen molar-refractivity contribution < 1.29 is 34.6 Å². The molecular weight excluding hydrogens is 944 g/mol. The number of fused-ring (bicyclic) bond motifs is 4. The second-order valence-electron chi connectivity index (χ2n) is 15.7. The SMILES string of the molecule is CC(C)(C)c1ccc2c(c1)N(c1c(F)cccc1F)[CH-]N2c1[c-]c(Oc2[c-]c3c(cc2)c2ccccc2n3-c2ccccn2)cc(N(c2ccccc2)c2ccccc2)c1.[Pt]. The molecule has 2 aromatic heterocycles. The van der Waals surface area contributed by atoms with Crippen molar-refractivity contribution in [3.63, 3.8) is 0 Å². The van der Waals surface area contributed by atoms with Crippen LogP contribution in [-0.2, 0) is 26.5 Å². The molecule has 0 amide bonds. The van der Waals surface area contributed by atoms with Crippen LogP contribution in [0, 0.1) is 30.4 Å². The number of ether oxygens (including phenoxy) is 1. The van der Waals surface area contributed by atoms with Crippen LogP contribution in [0.3, 0.4) is 0 Å². The zero-order chi connectivity index (χ0) is 41.0. The summed E-state index contributed by atoms with van der Waals surface area (Å²) in [5.41, 5.74) is 7.04. The molecule has 3 heterocycles. The third-order valence-electron chi connectivity index (χ3n) is 10.8. The Kier molecular flexibility index (Phi) is 10.4. The Bertz CT molecular complexity index is 2970. The fourth-order valence-corrected chi connectivity index (χ4v) is 7.92. The molecule has 1 aliphatic heterocycles. The Balaban J connectivity index is 0.00000476. The van der Waals surface area contributed by atoms with Gasteiger partial charge in [-0.1, -0.05) is 110 Å². The summed E-state index contributed by atoms with van der Waals surface area (Å²) in [6, 6.07) is 59.3. The first-order valence-corrected chi connectivity index (χ1v) is 19.8. The predicted octanol–water partition coefficient (Wildman–Crippen LogP) is 14.0. The van der Waals surface area contributed by atoms with E-state index in [1.54, 1.807) is 17.8 Å². The molecule has 0 saturated heterocycles. The van der Waals surface area contributed by atoms with E-state index >= 15 is 8.78 Å². The molecule has 0 radical (unpaired) electrons. The van der Waals surface area contributed by atoms with Crippen LogP contribution in [0.1, 0.15) is 26.3 Å². The zero-order valence-corrected chi connectivity index (χ0v) is 35.7. The first-order valence-electron chi connectivity index (χ1n) is 19.8. The minimum Gasteiger partial charge on any atom is -0.509 e. The third-order valence-corrected chi connectivity index (χ3v) is 10.8. The molecule has 304 valence electrons. The van der Waals surface area contributed by atoms with Gasteiger partial charge in [0.1, 0.15) is 17.5 Å². The van der Waals surface area contributed by atoms with E-state index < -0.39 is 11.6 Å². The van der Waals surface area contributed by atoms with E-state index in [1.807, 2.05) is 108 Å². The van der Waals surface area contributed by atoms with Gasteiger partial charge in [-0.05, 0) is 83.1 Å². The fourth-order valence-electron chi connectivity index (χ4n) is 7.92. The summed E-state index contributed by atoms with van der Waals surface area (Å²) < 4.78 is 40.2. The molecule has 0 spiro atoms. The van der Waals surface area contributed by atoms with Gasteiger partial charge in [0, 0.05) is 67.0 Å². The molecule has 9 heteroatoms. The van der Waals surface area contributed by atoms with E-state index in [1.165, 1.54) is 18.2 Å². The monoisotopic (exact) mass is 981 g/mol. The number of hydrogen-bond acceptors (Lipinski definition) is 5. The van der Waals surface area contributed by atoms with Gasteiger partial charge in [-0.15, -0.1) is 42.4 Å². The Labute approximate surface area is 368 Å². The molecule has 0 bridgehead atoms. The molecule has 0 atom stereocenters. The van der Waals surface area contributed by atoms with E-state index in [4.69, 9.17) is 4.74 Å². The van der Waals surface area contributed by atoms with Gasteiger partial charge in [-0.2, -0.15) is 6.07 Å². The normalized spacial score (nSPS) is 12.4. The Morgan fingerprint density at radius 3 is 1.98 bits per heavy atom. The van der Waals surface area contributed by atoms with Crippen molar-refractivity contribution in [2.75, 3.05) is 14.7 Å². The summed E-state index contributed by atoms with van der Waals surface area (Å²) >= 11 is 0. The van der Waals surface area contributed by atoms with Crippen LogP contribution in [0.15, 0.2) is 170 Å². The summed E-state index contributed by atoms with van der Waals surface area (Å²) in [5.74, 6) is 0.310. The summed E-state index contributed by atoms with van der Waals surface area (Å²) in [5, 5.41) is 2.09. The molecule has 0 fully saturated rings. The molecular formula is C52H38F2N5OPt-3. The van der Waals surface area contributed by atoms with E-state index in [0.29, 0.717) is 22.9 Å². The molecule has 61 heavy (non-hydrogen) atoms. The van der Waals surface area contributed by atoms with Crippen molar-refractivity contribution >= 4 is 61.6 Å². The second-order valence-corrected chi connectivity index (χ2v) is 15.7. The predicted molar refractivity (Wildman–Crippen MR) is 238 cm³/mol. The number of hydrogen-bond donors (Lipinski definition) is 0. The van der Waals surface area contributed by atoms with Crippen molar-refractivity contribution in [2.24, 2.45) is 0 Å². The van der Waals surface area contributed by atoms with Crippen LogP contribution in [0.25, 0.3) is 27.6 Å². The third kappa shape index (κ3) is 7.31. The standard InChI is InChI=1S/C52H38F2N5O.Pt/c1-52(2,3)35-24-27-47-49(29-35)57(51-44(53)20-14-21-45(51)54)34-56(47)38-30-39(58(36-15-6-4-7-16-36)37-17-8-5-9-18-37)32-41(31-38)60-40-25-26-43-42-19-10-11-22-46(42)59(48(43)33-40)50-23-12-13-28-55-50;/h4-30,32,34H,1-3H3;/q-3;. The summed E-state index contributed by atoms with van der Waals surface area (Å²) in [6.07, 6.45) is 1.78. The maximum Gasteiger partial charge on any atom is 0.147 e. The molecule has 0 aliphatic carbocycles. The Morgan fingerprint density at radius 1 is 0.607 bits per heavy atom. The Hall–Kier alpha value is -6.76. The quantitative estimate of drug-likeness (QED) is 0.142. The van der Waals surface area contributed by atoms with Crippen LogP contribution >= 0.6 is 0 Å². The second kappa shape index (κ2) is 16.0. The van der Waals surface area contributed by atoms with Gasteiger partial charge in [0.25, 0.3) is 0 Å². The van der Waals surface area contributed by atoms with Crippen molar-refractivity contribution in [3.05, 3.63) is 206 Å². The van der Waals surface area contributed by atoms with Crippen LogP contribution < -0.4 is 19.4 Å². The number of halogens is 2. The van der Waals surface area contributed by atoms with Gasteiger partial charge in [-0.3, -0.25) is 0 Å². The zero-order valence-electron chi connectivity index (χ0n) is 33.5. The minimum absolute atomic E-state index is 0. The van der Waals surface area contributed by atoms with Crippen LogP contribution in [0.5, 0.6) is 11.5 Å². The molecule has 7 aromatic carbocycles. The van der Waals surface area contributed by atoms with E-state index in [2.05, 4.69) is 89.8 Å². The summed E-state index contributed by atoms with van der Waals surface area (Å²) in [7, 11) is 0. The number of rotatable bonds is 8. The maximum absolute atomic E-state index is 15.7. The van der Waals surface area contributed by atoms with E-state index in [-0.39, 0.29) is 32.2 Å². The number of aromatic nitrogens is 2. The topological polar surface area (TPSA) is 36.8 Å². The summed E-state index contributed by atoms with van der Waals surface area (Å²) in [6.45, 7) is 8.07. The van der Waals surface area contributed by atoms with Gasteiger partial charge in [0.05, 0.1) is 5.69 Å². The van der Waals surface area contributed by atoms with Crippen molar-refractivity contribution in [2.45, 2.75) is 26.2 Å². The molecule has 0 saturated carbocycles. The maximum atomic E-state index is 15.7. The molecule has 0 N–H and O–H groups in total. The fraction of sp³-hybridized carbons (Fsp3) is 0.0769. The van der Waals surface area contributed by atoms with Crippen LogP contribution in [-0.4, -0.2) is 9.55 Å². The number of pyridine rings is 1. The van der Waals surface area contributed by atoms with Crippen molar-refractivity contribution in [3.8, 4) is 17.3 Å². The van der Waals surface area contributed by atoms with Gasteiger partial charge >= 0.3 is 0 Å². The van der Waals surface area contributed by atoms with Crippen LogP contribution in [0.4, 0.5) is 48.6 Å². The van der Waals surface area contributed by atoms with Crippen LogP contribution in [0.2, 0.25) is 0 Å². The number of anilines is 7. The van der Waals surface area contributed by atoms with Gasteiger partial charge < -0.3 is 24.0 Å². The molecule has 1 aliphatic rings. The molecule has 0 unspecified atom stereocenters.